The van der Waals surface area contributed by atoms with E-state index in [-0.39, 0.29) is 77.8 Å². The number of halogens is 1. The number of fused-ring (bicyclic) bond motifs is 2. The van der Waals surface area contributed by atoms with Gasteiger partial charge < -0.3 is 44.3 Å². The number of piperidine rings is 3. The molecule has 2 aromatic heterocycles. The van der Waals surface area contributed by atoms with Crippen LogP contribution in [0.25, 0.3) is 10.9 Å². The van der Waals surface area contributed by atoms with Crippen LogP contribution in [0.1, 0.15) is 92.3 Å². The predicted octanol–water partition coefficient (Wildman–Crippen LogP) is 5.26. The van der Waals surface area contributed by atoms with Gasteiger partial charge in [0, 0.05) is 78.8 Å². The van der Waals surface area contributed by atoms with E-state index in [9.17, 15) is 24.0 Å². The number of ether oxygens (including phenoxy) is 2. The van der Waals surface area contributed by atoms with Crippen molar-refractivity contribution in [2.75, 3.05) is 75.1 Å². The van der Waals surface area contributed by atoms with Crippen LogP contribution in [0.4, 0.5) is 23.1 Å². The Bertz CT molecular complexity index is 2770. The SMILES string of the molecule is [2H]C([2H])([2H])Oc1c(N2CC3(CCN(CC4CCN(c5ncc(Cl)c(Nc6ccc7c(c6)cc(OCC(=O)NC)c(=O)n7C(C)C)n5)CC4)CC3)C2(C)C)ccc2c1CN(C1CCC(=O)NC1=O)C2=O. The van der Waals surface area contributed by atoms with Crippen molar-refractivity contribution >= 4 is 69.3 Å². The number of anilines is 4. The van der Waals surface area contributed by atoms with Crippen molar-refractivity contribution in [3.8, 4) is 11.5 Å². The normalized spacial score (nSPS) is 21.6. The average Bonchev–Trinajstić information content (AvgIpc) is 3.64. The van der Waals surface area contributed by atoms with Gasteiger partial charge in [-0.15, -0.1) is 0 Å². The second-order valence-corrected chi connectivity index (χ2v) is 19.5. The summed E-state index contributed by atoms with van der Waals surface area (Å²) in [6.07, 6.45) is 5.85. The van der Waals surface area contributed by atoms with E-state index >= 15 is 0 Å². The lowest BCUT2D eigenvalue weighted by Gasteiger charge is -2.67. The third-order valence-electron chi connectivity index (χ3n) is 14.9. The van der Waals surface area contributed by atoms with Gasteiger partial charge in [-0.25, -0.2) is 4.98 Å². The quantitative estimate of drug-likeness (QED) is 0.157. The second-order valence-electron chi connectivity index (χ2n) is 19.1. The highest BCUT2D eigenvalue weighted by Gasteiger charge is 2.60. The van der Waals surface area contributed by atoms with Crippen LogP contribution in [-0.2, 0) is 20.9 Å². The highest BCUT2D eigenvalue weighted by Crippen LogP contribution is 2.57. The molecule has 1 atom stereocenters. The van der Waals surface area contributed by atoms with Gasteiger partial charge in [0.2, 0.25) is 17.8 Å². The molecule has 0 radical (unpaired) electrons. The number of amides is 4. The van der Waals surface area contributed by atoms with E-state index in [0.717, 1.165) is 69.3 Å². The van der Waals surface area contributed by atoms with Crippen molar-refractivity contribution in [1.82, 2.24) is 35.0 Å². The van der Waals surface area contributed by atoms with E-state index in [2.05, 4.69) is 49.5 Å². The molecule has 0 saturated carbocycles. The fourth-order valence-corrected chi connectivity index (χ4v) is 10.9. The molecular formula is C48H59ClN10O7. The fraction of sp³-hybridized carbons (Fsp3) is 0.521. The zero-order chi connectivity index (χ0) is 49.2. The van der Waals surface area contributed by atoms with E-state index in [1.54, 1.807) is 29.0 Å². The van der Waals surface area contributed by atoms with Crippen LogP contribution in [0, 0.1) is 11.3 Å². The molecule has 18 heteroatoms. The fourth-order valence-electron chi connectivity index (χ4n) is 10.8. The summed E-state index contributed by atoms with van der Waals surface area (Å²) >= 11 is 6.64. The molecule has 1 spiro atoms. The van der Waals surface area contributed by atoms with E-state index < -0.39 is 19.0 Å². The molecule has 1 unspecified atom stereocenters. The molecule has 66 heavy (non-hydrogen) atoms. The molecule has 17 nitrogen and oxygen atoms in total. The minimum atomic E-state index is -2.77. The molecule has 0 aliphatic carbocycles. The predicted molar refractivity (Wildman–Crippen MR) is 252 cm³/mol. The first-order valence-corrected chi connectivity index (χ1v) is 23.2. The van der Waals surface area contributed by atoms with Gasteiger partial charge in [0.05, 0.1) is 35.1 Å². The summed E-state index contributed by atoms with van der Waals surface area (Å²) in [5, 5.41) is 9.28. The van der Waals surface area contributed by atoms with Gasteiger partial charge in [-0.05, 0) is 115 Å². The van der Waals surface area contributed by atoms with Crippen molar-refractivity contribution < 1.29 is 32.8 Å². The molecule has 9 rings (SSSR count). The maximum Gasteiger partial charge on any atom is 0.293 e. The van der Waals surface area contributed by atoms with Crippen LogP contribution in [0.5, 0.6) is 11.5 Å². The monoisotopic (exact) mass is 925 g/mol. The summed E-state index contributed by atoms with van der Waals surface area (Å²) in [6, 6.07) is 9.77. The van der Waals surface area contributed by atoms with Crippen LogP contribution in [-0.4, -0.2) is 120 Å². The number of nitrogens with one attached hydrogen (secondary N) is 3. The maximum absolute atomic E-state index is 13.6. The highest BCUT2D eigenvalue weighted by molar-refractivity contribution is 6.33. The Morgan fingerprint density at radius 3 is 2.52 bits per heavy atom. The molecule has 2 aromatic carbocycles. The van der Waals surface area contributed by atoms with E-state index in [4.69, 9.17) is 30.2 Å². The number of aromatic nitrogens is 3. The molecule has 350 valence electrons. The molecule has 4 aromatic rings. The number of rotatable bonds is 12. The Hall–Kier alpha value is -5.94. The summed E-state index contributed by atoms with van der Waals surface area (Å²) in [4.78, 5) is 81.2. The minimum Gasteiger partial charge on any atom is -0.494 e. The Kier molecular flexibility index (Phi) is 11.1. The van der Waals surface area contributed by atoms with E-state index in [1.807, 2.05) is 32.0 Å². The minimum absolute atomic E-state index is 0.0101. The van der Waals surface area contributed by atoms with Gasteiger partial charge in [-0.2, -0.15) is 4.98 Å². The van der Waals surface area contributed by atoms with Crippen LogP contribution >= 0.6 is 11.6 Å². The number of carbonyl (C=O) groups is 4. The summed E-state index contributed by atoms with van der Waals surface area (Å²) in [7, 11) is -1.26. The summed E-state index contributed by atoms with van der Waals surface area (Å²) < 4.78 is 37.1. The molecule has 7 heterocycles. The summed E-state index contributed by atoms with van der Waals surface area (Å²) in [6.45, 7) is 13.2. The maximum atomic E-state index is 13.6. The van der Waals surface area contributed by atoms with Crippen molar-refractivity contribution in [2.24, 2.45) is 11.3 Å². The van der Waals surface area contributed by atoms with Gasteiger partial charge in [0.15, 0.2) is 18.2 Å². The number of benzene rings is 2. The van der Waals surface area contributed by atoms with Gasteiger partial charge in [-0.1, -0.05) is 11.6 Å². The first kappa shape index (κ1) is 41.5. The Labute approximate surface area is 393 Å². The number of methoxy groups -OCH3 is 1. The number of nitrogens with zero attached hydrogens (tertiary/aromatic N) is 7. The zero-order valence-corrected chi connectivity index (χ0v) is 38.8. The lowest BCUT2D eigenvalue weighted by atomic mass is 9.57. The molecule has 4 saturated heterocycles. The average molecular weight is 927 g/mol. The van der Waals surface area contributed by atoms with E-state index in [1.165, 1.54) is 11.9 Å². The van der Waals surface area contributed by atoms with Crippen molar-refractivity contribution in [2.45, 2.75) is 90.4 Å². The topological polar surface area (TPSA) is 184 Å². The van der Waals surface area contributed by atoms with Gasteiger partial charge in [0.25, 0.3) is 17.4 Å². The van der Waals surface area contributed by atoms with Crippen molar-refractivity contribution in [3.63, 3.8) is 0 Å². The smallest absolute Gasteiger partial charge is 0.293 e. The number of likely N-dealkylation sites (tertiary alicyclic amines) is 1. The van der Waals surface area contributed by atoms with Crippen LogP contribution in [0.2, 0.25) is 5.02 Å². The largest absolute Gasteiger partial charge is 0.494 e. The highest BCUT2D eigenvalue weighted by atomic mass is 35.5. The first-order valence-electron chi connectivity index (χ1n) is 24.3. The Morgan fingerprint density at radius 2 is 1.82 bits per heavy atom. The molecule has 4 amide bonds. The Morgan fingerprint density at radius 1 is 1.05 bits per heavy atom. The number of hydrogen-bond donors (Lipinski definition) is 3. The van der Waals surface area contributed by atoms with Crippen molar-refractivity contribution in [1.29, 1.82) is 0 Å². The summed E-state index contributed by atoms with van der Waals surface area (Å²) in [5.41, 5.74) is 2.13. The first-order chi connectivity index (χ1) is 32.8. The molecule has 5 aliphatic heterocycles. The standard InChI is InChI=1S/C48H59ClN10O7/c1-28(2)59-35-9-7-31(21-30(35)22-38(45(59)64)66-26-40(61)50-5)52-42-34(49)23-51-46(54-42)56-17-13-29(14-18-56)24-55-19-15-48(16-20-55)27-58(47(48,3)4)36-10-8-32-33(41(36)65-6)25-57(44(32)63)37-11-12-39(60)53-43(37)62/h7-10,21-23,28-29,37H,11-20,24-27H2,1-6H3,(H,50,61)(H,51,52,54)(H,53,60,62)/i6D3. The van der Waals surface area contributed by atoms with Gasteiger partial charge in [0.1, 0.15) is 16.8 Å². The number of pyridine rings is 1. The lowest BCUT2D eigenvalue weighted by molar-refractivity contribution is -0.137. The number of carbonyl (C=O) groups excluding carboxylic acids is 4. The van der Waals surface area contributed by atoms with Crippen LogP contribution in [0.15, 0.2) is 47.4 Å². The molecular weight excluding hydrogens is 864 g/mol. The molecule has 5 aliphatic rings. The van der Waals surface area contributed by atoms with E-state index in [0.29, 0.717) is 51.8 Å². The number of likely N-dealkylation sites (N-methyl/N-ethyl adjacent to an activating group) is 1. The summed E-state index contributed by atoms with van der Waals surface area (Å²) in [5.74, 6) is 0.140. The van der Waals surface area contributed by atoms with Crippen LogP contribution < -0.4 is 40.8 Å². The van der Waals surface area contributed by atoms with Gasteiger partial charge >= 0.3 is 0 Å². The number of imide groups is 1. The third kappa shape index (κ3) is 8.07. The third-order valence-corrected chi connectivity index (χ3v) is 15.1. The number of hydrogen-bond acceptors (Lipinski definition) is 13. The Balaban J connectivity index is 0.812. The lowest BCUT2D eigenvalue weighted by Crippen LogP contribution is -2.74. The van der Waals surface area contributed by atoms with Crippen LogP contribution in [0.3, 0.4) is 0 Å². The van der Waals surface area contributed by atoms with Crippen molar-refractivity contribution in [3.05, 3.63) is 69.1 Å². The molecule has 4 fully saturated rings. The zero-order valence-electron chi connectivity index (χ0n) is 41.0. The van der Waals surface area contributed by atoms with Gasteiger partial charge in [-0.3, -0.25) is 29.3 Å². The molecule has 0 bridgehead atoms. The molecule has 3 N–H and O–H groups in total. The second kappa shape index (κ2) is 17.7.